The molecule has 0 radical (unpaired) electrons. The second-order valence-corrected chi connectivity index (χ2v) is 9.84. The fourth-order valence-electron chi connectivity index (χ4n) is 4.42. The molecule has 2 amide bonds. The summed E-state index contributed by atoms with van der Waals surface area (Å²) < 4.78 is 0. The van der Waals surface area contributed by atoms with Crippen molar-refractivity contribution < 1.29 is 9.59 Å². The summed E-state index contributed by atoms with van der Waals surface area (Å²) >= 11 is 1.73. The van der Waals surface area contributed by atoms with Crippen molar-refractivity contribution in [2.75, 3.05) is 13.1 Å². The zero-order valence-corrected chi connectivity index (χ0v) is 18.1. The van der Waals surface area contributed by atoms with Crippen molar-refractivity contribution in [2.45, 2.75) is 52.0 Å². The van der Waals surface area contributed by atoms with Crippen LogP contribution in [-0.4, -0.2) is 35.8 Å². The van der Waals surface area contributed by atoms with Gasteiger partial charge in [-0.25, -0.2) is 0 Å². The van der Waals surface area contributed by atoms with Crippen molar-refractivity contribution >= 4 is 23.2 Å². The molecule has 0 spiro atoms. The van der Waals surface area contributed by atoms with Crippen LogP contribution in [0, 0.1) is 11.3 Å². The van der Waals surface area contributed by atoms with Crippen molar-refractivity contribution in [3.63, 3.8) is 0 Å². The van der Waals surface area contributed by atoms with Gasteiger partial charge in [0.05, 0.1) is 5.41 Å². The van der Waals surface area contributed by atoms with E-state index < -0.39 is 5.41 Å². The Balaban J connectivity index is 1.53. The number of benzene rings is 1. The van der Waals surface area contributed by atoms with Crippen LogP contribution in [0.4, 0.5) is 0 Å². The van der Waals surface area contributed by atoms with Crippen LogP contribution in [-0.2, 0) is 16.0 Å². The first-order chi connectivity index (χ1) is 14.0. The molecule has 2 aromatic rings. The van der Waals surface area contributed by atoms with E-state index in [2.05, 4.69) is 47.1 Å². The minimum Gasteiger partial charge on any atom is -0.353 e. The maximum Gasteiger partial charge on any atom is 0.228 e. The monoisotopic (exact) mass is 410 g/mol. The molecule has 0 bridgehead atoms. The van der Waals surface area contributed by atoms with Gasteiger partial charge in [-0.1, -0.05) is 36.8 Å². The number of hydrogen-bond donors (Lipinski definition) is 1. The summed E-state index contributed by atoms with van der Waals surface area (Å²) in [5.74, 6) is 0.520. The van der Waals surface area contributed by atoms with Gasteiger partial charge in [0.2, 0.25) is 11.8 Å². The molecule has 2 fully saturated rings. The van der Waals surface area contributed by atoms with Crippen molar-refractivity contribution in [3.8, 4) is 10.4 Å². The van der Waals surface area contributed by atoms with Gasteiger partial charge in [-0.2, -0.15) is 0 Å². The Morgan fingerprint density at radius 3 is 2.55 bits per heavy atom. The molecule has 1 aliphatic heterocycles. The van der Waals surface area contributed by atoms with E-state index in [0.29, 0.717) is 19.5 Å². The van der Waals surface area contributed by atoms with E-state index in [1.165, 1.54) is 10.4 Å². The van der Waals surface area contributed by atoms with Gasteiger partial charge in [0.25, 0.3) is 0 Å². The second kappa shape index (κ2) is 8.31. The minimum atomic E-state index is -0.534. The quantitative estimate of drug-likeness (QED) is 0.762. The topological polar surface area (TPSA) is 49.4 Å². The lowest BCUT2D eigenvalue weighted by molar-refractivity contribution is -0.138. The van der Waals surface area contributed by atoms with E-state index in [1.807, 2.05) is 18.7 Å². The number of nitrogens with zero attached hydrogens (tertiary/aromatic N) is 1. The fraction of sp³-hybridized carbons (Fsp3) is 0.500. The molecule has 1 aromatic heterocycles. The van der Waals surface area contributed by atoms with Crippen LogP contribution < -0.4 is 5.32 Å². The van der Waals surface area contributed by atoms with Crippen LogP contribution in [0.2, 0.25) is 0 Å². The number of carbonyl (C=O) groups is 2. The van der Waals surface area contributed by atoms with Gasteiger partial charge >= 0.3 is 0 Å². The van der Waals surface area contributed by atoms with Gasteiger partial charge in [-0.3, -0.25) is 9.59 Å². The summed E-state index contributed by atoms with van der Waals surface area (Å²) in [5.41, 5.74) is 1.83. The Labute approximate surface area is 177 Å². The van der Waals surface area contributed by atoms with Crippen LogP contribution in [0.15, 0.2) is 41.8 Å². The first-order valence-corrected chi connectivity index (χ1v) is 11.6. The van der Waals surface area contributed by atoms with Crippen LogP contribution in [0.5, 0.6) is 0 Å². The second-order valence-electron chi connectivity index (χ2n) is 8.90. The maximum atomic E-state index is 13.2. The lowest BCUT2D eigenvalue weighted by atomic mass is 9.79. The smallest absolute Gasteiger partial charge is 0.228 e. The molecule has 1 N–H and O–H groups in total. The Morgan fingerprint density at radius 2 is 1.97 bits per heavy atom. The van der Waals surface area contributed by atoms with Gasteiger partial charge in [0, 0.05) is 29.9 Å². The average Bonchev–Trinajstić information content (AvgIpc) is 3.31. The Bertz CT molecular complexity index is 856. The lowest BCUT2D eigenvalue weighted by Gasteiger charge is -2.32. The van der Waals surface area contributed by atoms with E-state index in [0.717, 1.165) is 31.2 Å². The summed E-state index contributed by atoms with van der Waals surface area (Å²) in [4.78, 5) is 29.2. The molecular formula is C24H30N2O2S. The normalized spacial score (nSPS) is 22.0. The first-order valence-electron chi connectivity index (χ1n) is 10.7. The highest BCUT2D eigenvalue weighted by molar-refractivity contribution is 7.13. The van der Waals surface area contributed by atoms with Crippen LogP contribution in [0.25, 0.3) is 10.4 Å². The molecule has 1 atom stereocenters. The fourth-order valence-corrected chi connectivity index (χ4v) is 5.15. The number of hydrogen-bond acceptors (Lipinski definition) is 3. The predicted molar refractivity (Wildman–Crippen MR) is 118 cm³/mol. The zero-order valence-electron chi connectivity index (χ0n) is 17.3. The number of likely N-dealkylation sites (tertiary alicyclic amines) is 1. The average molecular weight is 411 g/mol. The van der Waals surface area contributed by atoms with Crippen LogP contribution in [0.3, 0.4) is 0 Å². The third kappa shape index (κ3) is 4.25. The van der Waals surface area contributed by atoms with E-state index in [1.54, 1.807) is 11.3 Å². The van der Waals surface area contributed by atoms with Gasteiger partial charge in [-0.05, 0) is 62.1 Å². The third-order valence-corrected chi connectivity index (χ3v) is 7.24. The van der Waals surface area contributed by atoms with Crippen molar-refractivity contribution in [1.82, 2.24) is 10.2 Å². The van der Waals surface area contributed by atoms with Gasteiger partial charge in [0.1, 0.15) is 0 Å². The SMILES string of the molecule is CC(C)NC(=O)[C@@]1(Cc2ccc(-c3cccs3)cc2)CCN(C(=O)C2CCC2)C1. The molecule has 5 heteroatoms. The van der Waals surface area contributed by atoms with Gasteiger partial charge < -0.3 is 10.2 Å². The molecule has 4 rings (SSSR count). The van der Waals surface area contributed by atoms with Gasteiger partial charge in [0.15, 0.2) is 0 Å². The molecular weight excluding hydrogens is 380 g/mol. The van der Waals surface area contributed by atoms with Gasteiger partial charge in [-0.15, -0.1) is 11.3 Å². The molecule has 1 aromatic carbocycles. The molecule has 2 heterocycles. The molecule has 0 unspecified atom stereocenters. The standard InChI is InChI=1S/C24H30N2O2S/c1-17(2)25-23(28)24(12-13-26(16-24)22(27)20-5-3-6-20)15-18-8-10-19(11-9-18)21-7-4-14-29-21/h4,7-11,14,17,20H,3,5-6,12-13,15-16H2,1-2H3,(H,25,28)/t24-/m1/s1. The minimum absolute atomic E-state index is 0.0822. The predicted octanol–water partition coefficient (Wildman–Crippen LogP) is 4.50. The molecule has 1 aliphatic carbocycles. The van der Waals surface area contributed by atoms with Crippen molar-refractivity contribution in [1.29, 1.82) is 0 Å². The Hall–Kier alpha value is -2.14. The number of thiophene rings is 1. The van der Waals surface area contributed by atoms with E-state index in [4.69, 9.17) is 0 Å². The lowest BCUT2D eigenvalue weighted by Crippen LogP contribution is -2.48. The number of amides is 2. The highest BCUT2D eigenvalue weighted by Gasteiger charge is 2.47. The Morgan fingerprint density at radius 1 is 1.21 bits per heavy atom. The maximum absolute atomic E-state index is 13.2. The molecule has 4 nitrogen and oxygen atoms in total. The summed E-state index contributed by atoms with van der Waals surface area (Å²) in [5, 5.41) is 5.21. The van der Waals surface area contributed by atoms with Crippen LogP contribution >= 0.6 is 11.3 Å². The number of rotatable bonds is 6. The zero-order chi connectivity index (χ0) is 20.4. The highest BCUT2D eigenvalue weighted by Crippen LogP contribution is 2.38. The highest BCUT2D eigenvalue weighted by atomic mass is 32.1. The first kappa shape index (κ1) is 20.1. The molecule has 29 heavy (non-hydrogen) atoms. The third-order valence-electron chi connectivity index (χ3n) is 6.32. The molecule has 1 saturated carbocycles. The van der Waals surface area contributed by atoms with Crippen LogP contribution in [0.1, 0.15) is 45.1 Å². The van der Waals surface area contributed by atoms with E-state index in [-0.39, 0.29) is 23.8 Å². The largest absolute Gasteiger partial charge is 0.353 e. The van der Waals surface area contributed by atoms with Crippen molar-refractivity contribution in [3.05, 3.63) is 47.3 Å². The summed E-state index contributed by atoms with van der Waals surface area (Å²) in [6, 6.07) is 12.8. The van der Waals surface area contributed by atoms with E-state index >= 15 is 0 Å². The molecule has 1 saturated heterocycles. The van der Waals surface area contributed by atoms with Crippen molar-refractivity contribution in [2.24, 2.45) is 11.3 Å². The number of nitrogens with one attached hydrogen (secondary N) is 1. The number of carbonyl (C=O) groups excluding carboxylic acids is 2. The molecule has 154 valence electrons. The van der Waals surface area contributed by atoms with E-state index in [9.17, 15) is 9.59 Å². The Kier molecular flexibility index (Phi) is 5.77. The summed E-state index contributed by atoms with van der Waals surface area (Å²) in [6.45, 7) is 5.21. The molecule has 2 aliphatic rings. The summed E-state index contributed by atoms with van der Waals surface area (Å²) in [7, 11) is 0. The summed E-state index contributed by atoms with van der Waals surface area (Å²) in [6.07, 6.45) is 4.57.